The monoisotopic (exact) mass is 493 g/mol. The Hall–Kier alpha value is -4.48. The normalized spacial score (nSPS) is 19.8. The van der Waals surface area contributed by atoms with Crippen LogP contribution in [0.15, 0.2) is 41.6 Å². The average molecular weight is 493 g/mol. The zero-order valence-electron chi connectivity index (χ0n) is 19.6. The van der Waals surface area contributed by atoms with Crippen LogP contribution in [0, 0.1) is 12.7 Å². The van der Waals surface area contributed by atoms with E-state index in [1.54, 1.807) is 31.2 Å². The SMILES string of the molecule is COc1cccc(-c2cc(F)ccc2C2Cc3nc(N)nc(C)c3C(=NOCC3CNC(=O)O3)N2)n1. The number of nitrogen functional groups attached to an aromatic ring is 1. The van der Waals surface area contributed by atoms with Crippen molar-refractivity contribution in [1.29, 1.82) is 0 Å². The van der Waals surface area contributed by atoms with E-state index in [1.165, 1.54) is 19.2 Å². The van der Waals surface area contributed by atoms with E-state index in [-0.39, 0.29) is 18.6 Å². The lowest BCUT2D eigenvalue weighted by Crippen LogP contribution is -2.38. The molecule has 0 radical (unpaired) electrons. The van der Waals surface area contributed by atoms with Gasteiger partial charge in [0.2, 0.25) is 11.8 Å². The number of nitrogens with two attached hydrogens (primary N) is 1. The second-order valence-electron chi connectivity index (χ2n) is 8.33. The topological polar surface area (TPSA) is 146 Å². The summed E-state index contributed by atoms with van der Waals surface area (Å²) >= 11 is 0. The van der Waals surface area contributed by atoms with Crippen molar-refractivity contribution in [2.75, 3.05) is 26.0 Å². The molecule has 0 spiro atoms. The Morgan fingerprint density at radius 2 is 2.11 bits per heavy atom. The highest BCUT2D eigenvalue weighted by Gasteiger charge is 2.31. The van der Waals surface area contributed by atoms with Gasteiger partial charge < -0.3 is 30.7 Å². The summed E-state index contributed by atoms with van der Waals surface area (Å²) in [6, 6.07) is 9.47. The fraction of sp³-hybridized carbons (Fsp3) is 0.292. The maximum atomic E-state index is 14.3. The maximum Gasteiger partial charge on any atom is 0.407 e. The molecule has 1 amide bonds. The number of nitrogens with one attached hydrogen (secondary N) is 2. The molecular formula is C24H24FN7O4. The number of methoxy groups -OCH3 is 1. The molecule has 2 unspecified atom stereocenters. The molecule has 11 nitrogen and oxygen atoms in total. The molecule has 1 aromatic carbocycles. The number of halogens is 1. The Labute approximate surface area is 205 Å². The van der Waals surface area contributed by atoms with Crippen molar-refractivity contribution in [1.82, 2.24) is 25.6 Å². The number of carbonyl (C=O) groups excluding carboxylic acids is 1. The minimum absolute atomic E-state index is 0.0638. The van der Waals surface area contributed by atoms with Gasteiger partial charge in [-0.3, -0.25) is 0 Å². The molecule has 1 fully saturated rings. The van der Waals surface area contributed by atoms with Crippen molar-refractivity contribution in [3.8, 4) is 17.1 Å². The van der Waals surface area contributed by atoms with Gasteiger partial charge in [0.05, 0.1) is 42.3 Å². The Kier molecular flexibility index (Phi) is 6.23. The third kappa shape index (κ3) is 4.69. The predicted octanol–water partition coefficient (Wildman–Crippen LogP) is 2.25. The Bertz CT molecular complexity index is 1350. The summed E-state index contributed by atoms with van der Waals surface area (Å²) in [5.41, 5.74) is 9.85. The molecule has 3 aromatic rings. The first-order valence-corrected chi connectivity index (χ1v) is 11.3. The molecule has 0 saturated carbocycles. The highest BCUT2D eigenvalue weighted by atomic mass is 19.1. The molecule has 36 heavy (non-hydrogen) atoms. The van der Waals surface area contributed by atoms with Gasteiger partial charge in [-0.2, -0.15) is 0 Å². The molecule has 2 atom stereocenters. The number of aryl methyl sites for hydroxylation is 1. The number of benzene rings is 1. The fourth-order valence-electron chi connectivity index (χ4n) is 4.30. The summed E-state index contributed by atoms with van der Waals surface area (Å²) in [5.74, 6) is 0.558. The third-order valence-electron chi connectivity index (χ3n) is 5.89. The summed E-state index contributed by atoms with van der Waals surface area (Å²) in [6.45, 7) is 2.20. The number of nitrogens with zero attached hydrogens (tertiary/aromatic N) is 4. The predicted molar refractivity (Wildman–Crippen MR) is 128 cm³/mol. The van der Waals surface area contributed by atoms with Gasteiger partial charge in [-0.1, -0.05) is 17.3 Å². The average Bonchev–Trinajstić information content (AvgIpc) is 3.28. The molecule has 12 heteroatoms. The van der Waals surface area contributed by atoms with Crippen LogP contribution in [0.4, 0.5) is 15.1 Å². The first-order chi connectivity index (χ1) is 17.4. The third-order valence-corrected chi connectivity index (χ3v) is 5.89. The molecule has 0 bridgehead atoms. The van der Waals surface area contributed by atoms with Crippen molar-refractivity contribution in [3.05, 3.63) is 64.7 Å². The summed E-state index contributed by atoms with van der Waals surface area (Å²) in [6.07, 6.45) is -0.506. The molecule has 5 rings (SSSR count). The Morgan fingerprint density at radius 3 is 2.89 bits per heavy atom. The molecule has 4 heterocycles. The number of hydrogen-bond acceptors (Lipinski definition) is 9. The van der Waals surface area contributed by atoms with Crippen LogP contribution in [0.2, 0.25) is 0 Å². The molecule has 2 aliphatic heterocycles. The standard InChI is InChI=1S/C24H24FN7O4/c1-12-21-19(31-23(26)28-12)9-18(30-22(21)32-35-11-14-10-27-24(33)36-14)15-7-6-13(25)8-16(15)17-4-3-5-20(29-17)34-2/h3-8,14,18H,9-11H2,1-2H3,(H,27,33)(H,30,32)(H2,26,28,31). The van der Waals surface area contributed by atoms with Crippen LogP contribution in [0.1, 0.15) is 28.6 Å². The molecule has 2 aromatic heterocycles. The van der Waals surface area contributed by atoms with Crippen molar-refractivity contribution in [2.45, 2.75) is 25.5 Å². The van der Waals surface area contributed by atoms with Crippen LogP contribution in [0.3, 0.4) is 0 Å². The Balaban J connectivity index is 1.51. The van der Waals surface area contributed by atoms with Gasteiger partial charge in [0.1, 0.15) is 5.82 Å². The Morgan fingerprint density at radius 1 is 1.25 bits per heavy atom. The van der Waals surface area contributed by atoms with Crippen LogP contribution in [-0.2, 0) is 16.0 Å². The number of pyridine rings is 1. The van der Waals surface area contributed by atoms with E-state index < -0.39 is 18.0 Å². The summed E-state index contributed by atoms with van der Waals surface area (Å²) in [4.78, 5) is 30.0. The lowest BCUT2D eigenvalue weighted by atomic mass is 9.90. The number of oxime groups is 1. The molecule has 1 saturated heterocycles. The summed E-state index contributed by atoms with van der Waals surface area (Å²) in [5, 5.41) is 10.2. The minimum atomic E-state index is -0.493. The van der Waals surface area contributed by atoms with Crippen molar-refractivity contribution >= 4 is 17.9 Å². The first kappa shape index (κ1) is 23.3. The lowest BCUT2D eigenvalue weighted by Gasteiger charge is -2.29. The molecule has 2 aliphatic rings. The van der Waals surface area contributed by atoms with Gasteiger partial charge in [-0.15, -0.1) is 0 Å². The van der Waals surface area contributed by atoms with Crippen molar-refractivity contribution in [3.63, 3.8) is 0 Å². The van der Waals surface area contributed by atoms with E-state index >= 15 is 0 Å². The van der Waals surface area contributed by atoms with Crippen LogP contribution in [-0.4, -0.2) is 53.2 Å². The van der Waals surface area contributed by atoms with Gasteiger partial charge in [0.15, 0.2) is 18.5 Å². The van der Waals surface area contributed by atoms with Crippen LogP contribution in [0.5, 0.6) is 5.88 Å². The zero-order chi connectivity index (χ0) is 25.2. The van der Waals surface area contributed by atoms with Gasteiger partial charge in [0.25, 0.3) is 0 Å². The maximum absolute atomic E-state index is 14.3. The number of anilines is 1. The van der Waals surface area contributed by atoms with E-state index in [0.29, 0.717) is 52.9 Å². The van der Waals surface area contributed by atoms with E-state index in [1.807, 2.05) is 0 Å². The number of amidine groups is 1. The van der Waals surface area contributed by atoms with Gasteiger partial charge >= 0.3 is 6.09 Å². The number of ether oxygens (including phenoxy) is 2. The number of hydrogen-bond donors (Lipinski definition) is 3. The van der Waals surface area contributed by atoms with Gasteiger partial charge in [-0.25, -0.2) is 24.1 Å². The van der Waals surface area contributed by atoms with Crippen LogP contribution >= 0.6 is 0 Å². The molecular weight excluding hydrogens is 469 g/mol. The second-order valence-corrected chi connectivity index (χ2v) is 8.33. The summed E-state index contributed by atoms with van der Waals surface area (Å²) < 4.78 is 24.7. The van der Waals surface area contributed by atoms with Gasteiger partial charge in [0, 0.05) is 18.1 Å². The number of aromatic nitrogens is 3. The van der Waals surface area contributed by atoms with Crippen molar-refractivity contribution in [2.24, 2.45) is 5.16 Å². The van der Waals surface area contributed by atoms with Gasteiger partial charge in [-0.05, 0) is 30.7 Å². The van der Waals surface area contributed by atoms with E-state index in [9.17, 15) is 9.18 Å². The highest BCUT2D eigenvalue weighted by Crippen LogP contribution is 2.34. The molecule has 186 valence electrons. The number of fused-ring (bicyclic) bond motifs is 1. The fourth-order valence-corrected chi connectivity index (χ4v) is 4.30. The quantitative estimate of drug-likeness (QED) is 0.440. The number of rotatable bonds is 6. The largest absolute Gasteiger partial charge is 0.481 e. The second kappa shape index (κ2) is 9.64. The summed E-state index contributed by atoms with van der Waals surface area (Å²) in [7, 11) is 1.52. The molecule has 4 N–H and O–H groups in total. The van der Waals surface area contributed by atoms with E-state index in [0.717, 1.165) is 5.56 Å². The number of carbonyl (C=O) groups is 1. The minimum Gasteiger partial charge on any atom is -0.481 e. The zero-order valence-corrected chi connectivity index (χ0v) is 19.6. The van der Waals surface area contributed by atoms with E-state index in [4.69, 9.17) is 20.0 Å². The number of cyclic esters (lactones) is 1. The number of amides is 1. The smallest absolute Gasteiger partial charge is 0.407 e. The molecule has 0 aliphatic carbocycles. The first-order valence-electron chi connectivity index (χ1n) is 11.3. The van der Waals surface area contributed by atoms with Crippen LogP contribution in [0.25, 0.3) is 11.3 Å². The van der Waals surface area contributed by atoms with Crippen LogP contribution < -0.4 is 21.1 Å². The van der Waals surface area contributed by atoms with Crippen molar-refractivity contribution < 1.29 is 23.5 Å². The highest BCUT2D eigenvalue weighted by molar-refractivity contribution is 6.01. The van der Waals surface area contributed by atoms with E-state index in [2.05, 4.69) is 30.7 Å². The lowest BCUT2D eigenvalue weighted by molar-refractivity contribution is 0.0488. The number of alkyl carbamates (subject to hydrolysis) is 1.